The predicted octanol–water partition coefficient (Wildman–Crippen LogP) is 6.71. The third kappa shape index (κ3) is 6.39. The molecule has 0 saturated heterocycles. The highest BCUT2D eigenvalue weighted by Crippen LogP contribution is 2.35. The summed E-state index contributed by atoms with van der Waals surface area (Å²) >= 11 is 0. The van der Waals surface area contributed by atoms with E-state index in [4.69, 9.17) is 4.74 Å². The van der Waals surface area contributed by atoms with E-state index in [1.54, 1.807) is 0 Å². The molecule has 1 N–H and O–H groups in total. The Morgan fingerprint density at radius 3 is 2.39 bits per heavy atom. The maximum atomic E-state index is 13.2. The standard InChI is InChI=1S/C21H28F3N3O/c1-4-6-7-8-13-28-19-18(21(22,23)24)14-25-20(27-19)26-17-11-9-16(10-12-17)15(3)5-2/h9-12,14-15H,4-8,13H2,1-3H3,(H,25,26,27). The second kappa shape index (κ2) is 10.3. The van der Waals surface area contributed by atoms with E-state index in [1.807, 2.05) is 24.3 Å². The number of anilines is 2. The summed E-state index contributed by atoms with van der Waals surface area (Å²) in [6.45, 7) is 6.53. The lowest BCUT2D eigenvalue weighted by Crippen LogP contribution is -2.13. The molecule has 1 aromatic heterocycles. The van der Waals surface area contributed by atoms with Crippen LogP contribution in [0, 0.1) is 0 Å². The molecule has 0 bridgehead atoms. The van der Waals surface area contributed by atoms with Gasteiger partial charge < -0.3 is 10.1 Å². The molecule has 1 heterocycles. The lowest BCUT2D eigenvalue weighted by atomic mass is 9.99. The van der Waals surface area contributed by atoms with Crippen LogP contribution < -0.4 is 10.1 Å². The average Bonchev–Trinajstić information content (AvgIpc) is 2.67. The van der Waals surface area contributed by atoms with Crippen LogP contribution in [0.1, 0.15) is 69.9 Å². The Kier molecular flexibility index (Phi) is 8.08. The van der Waals surface area contributed by atoms with Gasteiger partial charge in [-0.05, 0) is 36.5 Å². The molecule has 0 fully saturated rings. The second-order valence-electron chi connectivity index (χ2n) is 6.88. The fourth-order valence-electron chi connectivity index (χ4n) is 2.69. The number of nitrogens with zero attached hydrogens (tertiary/aromatic N) is 2. The molecule has 0 aliphatic carbocycles. The first kappa shape index (κ1) is 22.0. The van der Waals surface area contributed by atoms with Gasteiger partial charge in [-0.15, -0.1) is 0 Å². The number of ether oxygens (including phenoxy) is 1. The van der Waals surface area contributed by atoms with E-state index < -0.39 is 17.6 Å². The van der Waals surface area contributed by atoms with Gasteiger partial charge in [0.15, 0.2) is 0 Å². The Hall–Kier alpha value is -2.31. The number of hydrogen-bond acceptors (Lipinski definition) is 4. The van der Waals surface area contributed by atoms with Gasteiger partial charge in [0.25, 0.3) is 0 Å². The molecule has 1 aromatic carbocycles. The zero-order valence-electron chi connectivity index (χ0n) is 16.6. The highest BCUT2D eigenvalue weighted by atomic mass is 19.4. The third-order valence-electron chi connectivity index (χ3n) is 4.64. The van der Waals surface area contributed by atoms with Crippen LogP contribution >= 0.6 is 0 Å². The van der Waals surface area contributed by atoms with E-state index in [0.717, 1.165) is 31.9 Å². The first-order valence-electron chi connectivity index (χ1n) is 9.79. The highest BCUT2D eigenvalue weighted by molar-refractivity contribution is 5.54. The number of hydrogen-bond donors (Lipinski definition) is 1. The summed E-state index contributed by atoms with van der Waals surface area (Å²) in [4.78, 5) is 7.77. The molecule has 154 valence electrons. The Labute approximate surface area is 164 Å². The maximum absolute atomic E-state index is 13.2. The minimum atomic E-state index is -4.56. The van der Waals surface area contributed by atoms with Crippen LogP contribution in [0.4, 0.5) is 24.8 Å². The van der Waals surface area contributed by atoms with Gasteiger partial charge >= 0.3 is 6.18 Å². The van der Waals surface area contributed by atoms with Crippen molar-refractivity contribution in [1.82, 2.24) is 9.97 Å². The van der Waals surface area contributed by atoms with Gasteiger partial charge in [-0.3, -0.25) is 0 Å². The Morgan fingerprint density at radius 1 is 1.07 bits per heavy atom. The normalized spacial score (nSPS) is 12.6. The molecule has 7 heteroatoms. The van der Waals surface area contributed by atoms with E-state index in [1.165, 1.54) is 5.56 Å². The SMILES string of the molecule is CCCCCCOc1nc(Nc2ccc(C(C)CC)cc2)ncc1C(F)(F)F. The lowest BCUT2D eigenvalue weighted by Gasteiger charge is -2.14. The third-order valence-corrected chi connectivity index (χ3v) is 4.64. The van der Waals surface area contributed by atoms with Crippen molar-refractivity contribution in [3.63, 3.8) is 0 Å². The smallest absolute Gasteiger partial charge is 0.423 e. The molecular formula is C21H28F3N3O. The molecule has 2 rings (SSSR count). The van der Waals surface area contributed by atoms with Crippen LogP contribution in [0.2, 0.25) is 0 Å². The van der Waals surface area contributed by atoms with Crippen LogP contribution in [0.25, 0.3) is 0 Å². The molecule has 4 nitrogen and oxygen atoms in total. The summed E-state index contributed by atoms with van der Waals surface area (Å²) in [5, 5.41) is 2.95. The fourth-order valence-corrected chi connectivity index (χ4v) is 2.69. The first-order valence-corrected chi connectivity index (χ1v) is 9.79. The molecule has 0 spiro atoms. The number of nitrogens with one attached hydrogen (secondary N) is 1. The van der Waals surface area contributed by atoms with Gasteiger partial charge in [0.1, 0.15) is 5.56 Å². The summed E-state index contributed by atoms with van der Waals surface area (Å²) in [5.41, 5.74) is 0.957. The lowest BCUT2D eigenvalue weighted by molar-refractivity contribution is -0.139. The summed E-state index contributed by atoms with van der Waals surface area (Å²) < 4.78 is 45.0. The molecule has 1 atom stereocenters. The van der Waals surface area contributed by atoms with Crippen LogP contribution in [0.15, 0.2) is 30.5 Å². The zero-order chi connectivity index (χ0) is 20.6. The van der Waals surface area contributed by atoms with Crippen molar-refractivity contribution in [3.05, 3.63) is 41.6 Å². The van der Waals surface area contributed by atoms with Crippen molar-refractivity contribution in [1.29, 1.82) is 0 Å². The van der Waals surface area contributed by atoms with Crippen LogP contribution in [-0.4, -0.2) is 16.6 Å². The molecule has 0 saturated carbocycles. The van der Waals surface area contributed by atoms with Crippen LogP contribution in [0.5, 0.6) is 5.88 Å². The van der Waals surface area contributed by atoms with Gasteiger partial charge in [-0.2, -0.15) is 18.2 Å². The van der Waals surface area contributed by atoms with Gasteiger partial charge in [-0.1, -0.05) is 52.2 Å². The topological polar surface area (TPSA) is 47.0 Å². The molecular weight excluding hydrogens is 367 g/mol. The van der Waals surface area contributed by atoms with Gasteiger partial charge in [0.05, 0.1) is 6.61 Å². The largest absolute Gasteiger partial charge is 0.477 e. The summed E-state index contributed by atoms with van der Waals surface area (Å²) in [6, 6.07) is 7.72. The van der Waals surface area contributed by atoms with Crippen LogP contribution in [-0.2, 0) is 6.18 Å². The van der Waals surface area contributed by atoms with E-state index in [2.05, 4.69) is 36.1 Å². The van der Waals surface area contributed by atoms with Crippen molar-refractivity contribution in [3.8, 4) is 5.88 Å². The molecule has 0 amide bonds. The molecule has 28 heavy (non-hydrogen) atoms. The Bertz CT molecular complexity index is 733. The minimum absolute atomic E-state index is 0.0767. The van der Waals surface area contributed by atoms with Gasteiger partial charge in [0.2, 0.25) is 11.8 Å². The van der Waals surface area contributed by atoms with Gasteiger partial charge in [-0.25, -0.2) is 4.98 Å². The fraction of sp³-hybridized carbons (Fsp3) is 0.524. The van der Waals surface area contributed by atoms with Crippen molar-refractivity contribution >= 4 is 11.6 Å². The van der Waals surface area contributed by atoms with Gasteiger partial charge in [0, 0.05) is 11.9 Å². The number of alkyl halides is 3. The maximum Gasteiger partial charge on any atom is 0.423 e. The van der Waals surface area contributed by atoms with E-state index in [0.29, 0.717) is 18.0 Å². The Morgan fingerprint density at radius 2 is 1.79 bits per heavy atom. The van der Waals surface area contributed by atoms with Crippen molar-refractivity contribution in [2.45, 2.75) is 65.0 Å². The highest BCUT2D eigenvalue weighted by Gasteiger charge is 2.36. The molecule has 0 aliphatic rings. The molecule has 0 aliphatic heterocycles. The molecule has 2 aromatic rings. The van der Waals surface area contributed by atoms with Crippen LogP contribution in [0.3, 0.4) is 0 Å². The summed E-state index contributed by atoms with van der Waals surface area (Å²) in [6.07, 6.45) is 0.919. The number of benzene rings is 1. The number of halogens is 3. The predicted molar refractivity (Wildman–Crippen MR) is 105 cm³/mol. The zero-order valence-corrected chi connectivity index (χ0v) is 16.6. The van der Waals surface area contributed by atoms with Crippen molar-refractivity contribution < 1.29 is 17.9 Å². The summed E-state index contributed by atoms with van der Waals surface area (Å²) in [7, 11) is 0. The second-order valence-corrected chi connectivity index (χ2v) is 6.88. The quantitative estimate of drug-likeness (QED) is 0.454. The van der Waals surface area contributed by atoms with Crippen molar-refractivity contribution in [2.24, 2.45) is 0 Å². The van der Waals surface area contributed by atoms with Crippen molar-refractivity contribution in [2.75, 3.05) is 11.9 Å². The van der Waals surface area contributed by atoms with E-state index in [9.17, 15) is 13.2 Å². The number of rotatable bonds is 10. The minimum Gasteiger partial charge on any atom is -0.477 e. The number of aromatic nitrogens is 2. The van der Waals surface area contributed by atoms with E-state index >= 15 is 0 Å². The average molecular weight is 395 g/mol. The molecule has 0 radical (unpaired) electrons. The summed E-state index contributed by atoms with van der Waals surface area (Å²) in [5.74, 6) is 0.0923. The first-order chi connectivity index (χ1) is 13.3. The van der Waals surface area contributed by atoms with E-state index in [-0.39, 0.29) is 12.6 Å². The Balaban J connectivity index is 2.12. The monoisotopic (exact) mass is 395 g/mol. The number of unbranched alkanes of at least 4 members (excludes halogenated alkanes) is 3. The molecule has 1 unspecified atom stereocenters.